The molecule has 1 aliphatic heterocycles. The predicted molar refractivity (Wildman–Crippen MR) is 86.0 cm³/mol. The third-order valence-corrected chi connectivity index (χ3v) is 3.99. The van der Waals surface area contributed by atoms with Crippen LogP contribution in [0.15, 0.2) is 12.1 Å². The lowest BCUT2D eigenvalue weighted by Gasteiger charge is -2.29. The van der Waals surface area contributed by atoms with Gasteiger partial charge in [0.25, 0.3) is 0 Å². The number of ether oxygens (including phenoxy) is 2. The Labute approximate surface area is 128 Å². The number of methoxy groups -OCH3 is 1. The highest BCUT2D eigenvalue weighted by atomic mass is 16.5. The first-order valence-electron chi connectivity index (χ1n) is 7.59. The Bertz CT molecular complexity index is 500. The number of hydrogen-bond donors (Lipinski definition) is 1. The van der Waals surface area contributed by atoms with E-state index < -0.39 is 0 Å². The molecule has 0 bridgehead atoms. The molecule has 118 valence electrons. The molecule has 1 heterocycles. The summed E-state index contributed by atoms with van der Waals surface area (Å²) in [7, 11) is 3.85. The standard InChI is InChI=1S/C17H28N2O2/c1-12-6-13-7-15(20-5)14(8-16(13)21-12)9-19(4)11-17(2,3)10-18/h7-8,12H,6,9-11,18H2,1-5H3. The molecule has 0 aromatic heterocycles. The molecule has 1 aromatic carbocycles. The SMILES string of the molecule is COc1cc2c(cc1CN(C)CC(C)(C)CN)OC(C)C2. The van der Waals surface area contributed by atoms with E-state index in [2.05, 4.69) is 44.9 Å². The highest BCUT2D eigenvalue weighted by Gasteiger charge is 2.23. The fourth-order valence-corrected chi connectivity index (χ4v) is 2.94. The highest BCUT2D eigenvalue weighted by Crippen LogP contribution is 2.35. The number of nitrogens with two attached hydrogens (primary N) is 1. The molecule has 21 heavy (non-hydrogen) atoms. The van der Waals surface area contributed by atoms with Gasteiger partial charge in [0.15, 0.2) is 0 Å². The van der Waals surface area contributed by atoms with Crippen molar-refractivity contribution >= 4 is 0 Å². The van der Waals surface area contributed by atoms with Gasteiger partial charge in [0.2, 0.25) is 0 Å². The van der Waals surface area contributed by atoms with Crippen LogP contribution in [0.4, 0.5) is 0 Å². The van der Waals surface area contributed by atoms with Crippen molar-refractivity contribution in [3.05, 3.63) is 23.3 Å². The largest absolute Gasteiger partial charge is 0.496 e. The molecule has 1 aliphatic rings. The van der Waals surface area contributed by atoms with Crippen LogP contribution in [0.5, 0.6) is 11.5 Å². The Morgan fingerprint density at radius 3 is 2.76 bits per heavy atom. The number of hydrogen-bond acceptors (Lipinski definition) is 4. The average Bonchev–Trinajstić information content (AvgIpc) is 2.76. The molecule has 0 aliphatic carbocycles. The molecular formula is C17H28N2O2. The van der Waals surface area contributed by atoms with Gasteiger partial charge in [-0.1, -0.05) is 13.8 Å². The second kappa shape index (κ2) is 6.24. The van der Waals surface area contributed by atoms with Crippen molar-refractivity contribution < 1.29 is 9.47 Å². The van der Waals surface area contributed by atoms with Crippen molar-refractivity contribution in [1.82, 2.24) is 4.90 Å². The molecule has 2 N–H and O–H groups in total. The average molecular weight is 292 g/mol. The first kappa shape index (κ1) is 16.1. The second-order valence-electron chi connectivity index (χ2n) is 6.94. The molecule has 1 atom stereocenters. The van der Waals surface area contributed by atoms with E-state index >= 15 is 0 Å². The molecule has 0 saturated heterocycles. The van der Waals surface area contributed by atoms with Crippen LogP contribution in [0, 0.1) is 5.41 Å². The van der Waals surface area contributed by atoms with Crippen molar-refractivity contribution in [3.63, 3.8) is 0 Å². The molecule has 2 rings (SSSR count). The third-order valence-electron chi connectivity index (χ3n) is 3.99. The van der Waals surface area contributed by atoms with Crippen molar-refractivity contribution in [1.29, 1.82) is 0 Å². The molecular weight excluding hydrogens is 264 g/mol. The van der Waals surface area contributed by atoms with E-state index in [4.69, 9.17) is 15.2 Å². The Hall–Kier alpha value is -1.26. The number of benzene rings is 1. The van der Waals surface area contributed by atoms with E-state index in [9.17, 15) is 0 Å². The van der Waals surface area contributed by atoms with Gasteiger partial charge < -0.3 is 20.1 Å². The summed E-state index contributed by atoms with van der Waals surface area (Å²) in [6.07, 6.45) is 1.22. The van der Waals surface area contributed by atoms with E-state index in [1.807, 2.05) is 0 Å². The monoisotopic (exact) mass is 292 g/mol. The van der Waals surface area contributed by atoms with Crippen LogP contribution >= 0.6 is 0 Å². The molecule has 0 radical (unpaired) electrons. The van der Waals surface area contributed by atoms with Gasteiger partial charge in [-0.2, -0.15) is 0 Å². The summed E-state index contributed by atoms with van der Waals surface area (Å²) in [6, 6.07) is 4.25. The predicted octanol–water partition coefficient (Wildman–Crippen LogP) is 2.44. The zero-order chi connectivity index (χ0) is 15.6. The van der Waals surface area contributed by atoms with Crippen molar-refractivity contribution in [2.75, 3.05) is 27.2 Å². The van der Waals surface area contributed by atoms with Crippen molar-refractivity contribution in [2.45, 2.75) is 39.8 Å². The summed E-state index contributed by atoms with van der Waals surface area (Å²) in [5.74, 6) is 1.95. The summed E-state index contributed by atoms with van der Waals surface area (Å²) in [4.78, 5) is 2.29. The maximum Gasteiger partial charge on any atom is 0.123 e. The summed E-state index contributed by atoms with van der Waals surface area (Å²) in [6.45, 7) is 8.93. The minimum Gasteiger partial charge on any atom is -0.496 e. The van der Waals surface area contributed by atoms with Crippen LogP contribution < -0.4 is 15.2 Å². The zero-order valence-corrected chi connectivity index (χ0v) is 13.9. The van der Waals surface area contributed by atoms with Crippen molar-refractivity contribution in [3.8, 4) is 11.5 Å². The van der Waals surface area contributed by atoms with E-state index in [-0.39, 0.29) is 11.5 Å². The maximum absolute atomic E-state index is 5.86. The molecule has 4 nitrogen and oxygen atoms in total. The Balaban J connectivity index is 2.14. The van der Waals surface area contributed by atoms with Gasteiger partial charge in [0, 0.05) is 30.6 Å². The quantitative estimate of drug-likeness (QED) is 0.875. The van der Waals surface area contributed by atoms with Crippen LogP contribution in [-0.2, 0) is 13.0 Å². The summed E-state index contributed by atoms with van der Waals surface area (Å²) in [5, 5.41) is 0. The molecule has 4 heteroatoms. The van der Waals surface area contributed by atoms with Gasteiger partial charge >= 0.3 is 0 Å². The molecule has 0 spiro atoms. The number of fused-ring (bicyclic) bond motifs is 1. The lowest BCUT2D eigenvalue weighted by molar-refractivity contribution is 0.207. The summed E-state index contributed by atoms with van der Waals surface area (Å²) < 4.78 is 11.4. The fraction of sp³-hybridized carbons (Fsp3) is 0.647. The Morgan fingerprint density at radius 1 is 1.43 bits per heavy atom. The van der Waals surface area contributed by atoms with Crippen LogP contribution in [0.2, 0.25) is 0 Å². The Kier molecular flexibility index (Phi) is 4.79. The van der Waals surface area contributed by atoms with Crippen LogP contribution in [-0.4, -0.2) is 38.3 Å². The minimum atomic E-state index is 0.115. The normalized spacial score (nSPS) is 17.8. The topological polar surface area (TPSA) is 47.7 Å². The third kappa shape index (κ3) is 3.89. The van der Waals surface area contributed by atoms with E-state index in [1.54, 1.807) is 7.11 Å². The van der Waals surface area contributed by atoms with Gasteiger partial charge in [-0.3, -0.25) is 0 Å². The molecule has 1 unspecified atom stereocenters. The first-order valence-corrected chi connectivity index (χ1v) is 7.59. The van der Waals surface area contributed by atoms with E-state index in [1.165, 1.54) is 11.1 Å². The molecule has 0 saturated carbocycles. The Morgan fingerprint density at radius 2 is 2.14 bits per heavy atom. The second-order valence-corrected chi connectivity index (χ2v) is 6.94. The van der Waals surface area contributed by atoms with E-state index in [0.29, 0.717) is 6.54 Å². The molecule has 0 amide bonds. The van der Waals surface area contributed by atoms with Gasteiger partial charge in [-0.05, 0) is 38.1 Å². The van der Waals surface area contributed by atoms with Crippen molar-refractivity contribution in [2.24, 2.45) is 11.1 Å². The van der Waals surface area contributed by atoms with Gasteiger partial charge in [0.1, 0.15) is 17.6 Å². The molecule has 1 aromatic rings. The van der Waals surface area contributed by atoms with Crippen LogP contribution in [0.3, 0.4) is 0 Å². The first-order chi connectivity index (χ1) is 9.84. The maximum atomic E-state index is 5.86. The highest BCUT2D eigenvalue weighted by molar-refractivity contribution is 5.48. The number of rotatable bonds is 6. The van der Waals surface area contributed by atoms with Gasteiger partial charge in [0.05, 0.1) is 7.11 Å². The number of nitrogens with zero attached hydrogens (tertiary/aromatic N) is 1. The lowest BCUT2D eigenvalue weighted by Crippen LogP contribution is -2.36. The van der Waals surface area contributed by atoms with Gasteiger partial charge in [-0.25, -0.2) is 0 Å². The van der Waals surface area contributed by atoms with Gasteiger partial charge in [-0.15, -0.1) is 0 Å². The zero-order valence-electron chi connectivity index (χ0n) is 13.9. The molecule has 0 fully saturated rings. The smallest absolute Gasteiger partial charge is 0.123 e. The van der Waals surface area contributed by atoms with Crippen LogP contribution in [0.25, 0.3) is 0 Å². The minimum absolute atomic E-state index is 0.115. The fourth-order valence-electron chi connectivity index (χ4n) is 2.94. The summed E-state index contributed by atoms with van der Waals surface area (Å²) >= 11 is 0. The lowest BCUT2D eigenvalue weighted by atomic mass is 9.93. The van der Waals surface area contributed by atoms with E-state index in [0.717, 1.165) is 31.0 Å². The van der Waals surface area contributed by atoms with Crippen LogP contribution in [0.1, 0.15) is 31.9 Å². The summed E-state index contributed by atoms with van der Waals surface area (Å²) in [5.41, 5.74) is 8.35.